The van der Waals surface area contributed by atoms with Gasteiger partial charge in [0.15, 0.2) is 0 Å². The second-order valence-corrected chi connectivity index (χ2v) is 6.01. The highest BCUT2D eigenvalue weighted by Gasteiger charge is 2.33. The van der Waals surface area contributed by atoms with E-state index in [1.54, 1.807) is 13.8 Å². The lowest BCUT2D eigenvalue weighted by atomic mass is 9.99. The molecule has 4 nitrogen and oxygen atoms in total. The number of nitrogens with zero attached hydrogens (tertiary/aromatic N) is 2. The highest BCUT2D eigenvalue weighted by molar-refractivity contribution is 5.86. The average Bonchev–Trinajstić information content (AvgIpc) is 2.80. The van der Waals surface area contributed by atoms with Crippen molar-refractivity contribution < 1.29 is 4.79 Å². The Kier molecular flexibility index (Phi) is 7.66. The third-order valence-electron chi connectivity index (χ3n) is 3.89. The second-order valence-electron chi connectivity index (χ2n) is 6.01. The van der Waals surface area contributed by atoms with Crippen molar-refractivity contribution in [3.8, 4) is 0 Å². The molecule has 0 radical (unpaired) electrons. The van der Waals surface area contributed by atoms with Crippen LogP contribution in [-0.4, -0.2) is 53.5 Å². The first-order chi connectivity index (χ1) is 7.98. The van der Waals surface area contributed by atoms with E-state index in [0.717, 1.165) is 19.5 Å². The van der Waals surface area contributed by atoms with Crippen molar-refractivity contribution in [2.24, 2.45) is 5.73 Å². The van der Waals surface area contributed by atoms with Crippen LogP contribution in [-0.2, 0) is 4.79 Å². The Bertz CT molecular complexity index is 288. The van der Waals surface area contributed by atoms with Gasteiger partial charge in [-0.3, -0.25) is 9.69 Å². The van der Waals surface area contributed by atoms with Gasteiger partial charge in [0.05, 0.1) is 5.54 Å². The summed E-state index contributed by atoms with van der Waals surface area (Å²) in [6.45, 7) is 7.77. The normalized spacial score (nSPS) is 24.6. The molecule has 0 aromatic heterocycles. The molecule has 1 atom stereocenters. The molecule has 2 N–H and O–H groups in total. The Morgan fingerprint density at radius 3 is 2.21 bits per heavy atom. The zero-order valence-corrected chi connectivity index (χ0v) is 13.6. The molecule has 0 saturated carbocycles. The number of carbonyl (C=O) groups is 1. The first kappa shape index (κ1) is 19.0. The van der Waals surface area contributed by atoms with Crippen molar-refractivity contribution in [1.29, 1.82) is 0 Å². The van der Waals surface area contributed by atoms with Crippen LogP contribution >= 0.6 is 24.8 Å². The fourth-order valence-corrected chi connectivity index (χ4v) is 2.95. The van der Waals surface area contributed by atoms with Gasteiger partial charge in [0.1, 0.15) is 0 Å². The predicted molar refractivity (Wildman–Crippen MR) is 83.2 cm³/mol. The van der Waals surface area contributed by atoms with Gasteiger partial charge in [-0.1, -0.05) is 0 Å². The zero-order chi connectivity index (χ0) is 12.5. The minimum absolute atomic E-state index is 0. The minimum atomic E-state index is -0.729. The highest BCUT2D eigenvalue weighted by atomic mass is 35.5. The summed E-state index contributed by atoms with van der Waals surface area (Å²) in [5.74, 6) is 0.0985. The molecule has 2 aliphatic heterocycles. The summed E-state index contributed by atoms with van der Waals surface area (Å²) < 4.78 is 0. The van der Waals surface area contributed by atoms with Crippen LogP contribution in [0.25, 0.3) is 0 Å². The van der Waals surface area contributed by atoms with E-state index in [9.17, 15) is 4.79 Å². The van der Waals surface area contributed by atoms with Gasteiger partial charge in [0.2, 0.25) is 5.91 Å². The maximum Gasteiger partial charge on any atom is 0.242 e. The molecule has 0 aromatic carbocycles. The summed E-state index contributed by atoms with van der Waals surface area (Å²) >= 11 is 0. The van der Waals surface area contributed by atoms with Crippen LogP contribution in [0.15, 0.2) is 0 Å². The molecule has 1 amide bonds. The van der Waals surface area contributed by atoms with Crippen LogP contribution in [0.1, 0.15) is 39.5 Å². The van der Waals surface area contributed by atoms with E-state index in [1.807, 2.05) is 4.90 Å². The first-order valence-corrected chi connectivity index (χ1v) is 6.81. The average molecular weight is 312 g/mol. The molecular formula is C13H27Cl2N3O. The molecular weight excluding hydrogens is 285 g/mol. The molecule has 1 unspecified atom stereocenters. The van der Waals surface area contributed by atoms with Gasteiger partial charge in [-0.25, -0.2) is 0 Å². The van der Waals surface area contributed by atoms with Gasteiger partial charge in [-0.15, -0.1) is 24.8 Å². The standard InChI is InChI=1S/C13H25N3O.2ClH/c1-13(2,14)12(17)16-9-5-6-11(10-16)15-7-3-4-8-15;;/h11H,3-10,14H2,1-2H3;2*1H. The van der Waals surface area contributed by atoms with E-state index in [1.165, 1.54) is 32.4 Å². The SMILES string of the molecule is CC(C)(N)C(=O)N1CCCC(N2CCCC2)C1.Cl.Cl. The lowest BCUT2D eigenvalue weighted by Gasteiger charge is -2.39. The molecule has 19 heavy (non-hydrogen) atoms. The Labute approximate surface area is 128 Å². The van der Waals surface area contributed by atoms with Crippen molar-refractivity contribution in [2.75, 3.05) is 26.2 Å². The zero-order valence-electron chi connectivity index (χ0n) is 11.9. The van der Waals surface area contributed by atoms with Gasteiger partial charge in [-0.05, 0) is 52.6 Å². The maximum absolute atomic E-state index is 12.2. The molecule has 2 rings (SSSR count). The van der Waals surface area contributed by atoms with Crippen molar-refractivity contribution in [3.05, 3.63) is 0 Å². The quantitative estimate of drug-likeness (QED) is 0.843. The minimum Gasteiger partial charge on any atom is -0.340 e. The highest BCUT2D eigenvalue weighted by Crippen LogP contribution is 2.21. The van der Waals surface area contributed by atoms with Gasteiger partial charge in [0.25, 0.3) is 0 Å². The Morgan fingerprint density at radius 2 is 1.68 bits per heavy atom. The fraction of sp³-hybridized carbons (Fsp3) is 0.923. The van der Waals surface area contributed by atoms with Crippen LogP contribution in [0, 0.1) is 0 Å². The van der Waals surface area contributed by atoms with Crippen LogP contribution in [0.4, 0.5) is 0 Å². The number of rotatable bonds is 2. The largest absolute Gasteiger partial charge is 0.340 e. The van der Waals surface area contributed by atoms with Crippen LogP contribution in [0.2, 0.25) is 0 Å². The van der Waals surface area contributed by atoms with Crippen LogP contribution < -0.4 is 5.73 Å². The van der Waals surface area contributed by atoms with E-state index < -0.39 is 5.54 Å². The molecule has 2 fully saturated rings. The molecule has 0 spiro atoms. The smallest absolute Gasteiger partial charge is 0.242 e. The predicted octanol–water partition coefficient (Wildman–Crippen LogP) is 1.65. The van der Waals surface area contributed by atoms with E-state index in [-0.39, 0.29) is 30.7 Å². The number of amides is 1. The van der Waals surface area contributed by atoms with Crippen LogP contribution in [0.3, 0.4) is 0 Å². The Balaban J connectivity index is 0.00000162. The van der Waals surface area contributed by atoms with Gasteiger partial charge >= 0.3 is 0 Å². The molecule has 2 aliphatic rings. The molecule has 6 heteroatoms. The summed E-state index contributed by atoms with van der Waals surface area (Å²) in [4.78, 5) is 16.7. The van der Waals surface area contributed by atoms with E-state index in [2.05, 4.69) is 4.90 Å². The molecule has 0 bridgehead atoms. The molecule has 2 saturated heterocycles. The number of halogens is 2. The number of hydrogen-bond donors (Lipinski definition) is 1. The third kappa shape index (κ3) is 4.78. The lowest BCUT2D eigenvalue weighted by Crippen LogP contribution is -2.56. The summed E-state index contributed by atoms with van der Waals surface area (Å²) in [6, 6.07) is 0.567. The third-order valence-corrected chi connectivity index (χ3v) is 3.89. The number of hydrogen-bond acceptors (Lipinski definition) is 3. The second kappa shape index (κ2) is 7.67. The topological polar surface area (TPSA) is 49.6 Å². The molecule has 114 valence electrons. The van der Waals surface area contributed by atoms with E-state index in [4.69, 9.17) is 5.73 Å². The fourth-order valence-electron chi connectivity index (χ4n) is 2.95. The number of likely N-dealkylation sites (tertiary alicyclic amines) is 2. The monoisotopic (exact) mass is 311 g/mol. The van der Waals surface area contributed by atoms with Crippen molar-refractivity contribution in [1.82, 2.24) is 9.80 Å². The maximum atomic E-state index is 12.2. The van der Waals surface area contributed by atoms with E-state index >= 15 is 0 Å². The number of nitrogens with two attached hydrogens (primary N) is 1. The van der Waals surface area contributed by atoms with Gasteiger partial charge in [0, 0.05) is 19.1 Å². The van der Waals surface area contributed by atoms with Crippen molar-refractivity contribution in [2.45, 2.75) is 51.1 Å². The summed E-state index contributed by atoms with van der Waals surface area (Å²) in [5.41, 5.74) is 5.17. The molecule has 2 heterocycles. The Hall–Kier alpha value is -0.0300. The molecule has 0 aliphatic carbocycles. The first-order valence-electron chi connectivity index (χ1n) is 6.81. The van der Waals surface area contributed by atoms with Gasteiger partial charge < -0.3 is 10.6 Å². The molecule has 0 aromatic rings. The summed E-state index contributed by atoms with van der Waals surface area (Å²) in [5, 5.41) is 0. The lowest BCUT2D eigenvalue weighted by molar-refractivity contribution is -0.137. The summed E-state index contributed by atoms with van der Waals surface area (Å²) in [6.07, 6.45) is 4.97. The number of carbonyl (C=O) groups excluding carboxylic acids is 1. The number of piperidine rings is 1. The van der Waals surface area contributed by atoms with Crippen LogP contribution in [0.5, 0.6) is 0 Å². The Morgan fingerprint density at radius 1 is 1.11 bits per heavy atom. The van der Waals surface area contributed by atoms with Crippen molar-refractivity contribution in [3.63, 3.8) is 0 Å². The van der Waals surface area contributed by atoms with Gasteiger partial charge in [-0.2, -0.15) is 0 Å². The summed E-state index contributed by atoms with van der Waals surface area (Å²) in [7, 11) is 0. The van der Waals surface area contributed by atoms with E-state index in [0.29, 0.717) is 6.04 Å². The van der Waals surface area contributed by atoms with Crippen molar-refractivity contribution >= 4 is 30.7 Å².